The van der Waals surface area contributed by atoms with Gasteiger partial charge in [0.15, 0.2) is 0 Å². The Kier molecular flexibility index (Phi) is 5.03. The van der Waals surface area contributed by atoms with Crippen molar-refractivity contribution < 1.29 is 4.79 Å². The molecule has 1 atom stereocenters. The minimum absolute atomic E-state index is 0.134. The maximum Gasteiger partial charge on any atom is 0.233 e. The molecule has 0 radical (unpaired) electrons. The average molecular weight is 377 g/mol. The molecule has 0 saturated carbocycles. The predicted octanol–water partition coefficient (Wildman–Crippen LogP) is 3.61. The lowest BCUT2D eigenvalue weighted by Gasteiger charge is -2.28. The van der Waals surface area contributed by atoms with Gasteiger partial charge in [-0.15, -0.1) is 0 Å². The van der Waals surface area contributed by atoms with Crippen molar-refractivity contribution >= 4 is 5.91 Å². The van der Waals surface area contributed by atoms with Gasteiger partial charge in [0.2, 0.25) is 5.91 Å². The molecule has 0 spiro atoms. The first-order chi connectivity index (χ1) is 13.6. The second kappa shape index (κ2) is 7.62. The minimum Gasteiger partial charge on any atom is -0.341 e. The molecule has 4 rings (SSSR count). The number of carbonyl (C=O) groups excluding carboxylic acids is 1. The van der Waals surface area contributed by atoms with Crippen molar-refractivity contribution in [2.75, 3.05) is 7.05 Å². The molecule has 0 aliphatic carbocycles. The molecule has 1 unspecified atom stereocenters. The minimum atomic E-state index is -0.183. The van der Waals surface area contributed by atoms with Gasteiger partial charge in [0.1, 0.15) is 5.82 Å². The fraction of sp³-hybridized carbons (Fsp3) is 0.409. The molecule has 0 fully saturated rings. The van der Waals surface area contributed by atoms with E-state index in [9.17, 15) is 4.79 Å². The normalized spacial score (nSPS) is 16.0. The average Bonchev–Trinajstić information content (AvgIpc) is 3.31. The third-order valence-corrected chi connectivity index (χ3v) is 5.60. The molecule has 1 aliphatic rings. The van der Waals surface area contributed by atoms with Gasteiger partial charge in [0.05, 0.1) is 23.5 Å². The van der Waals surface area contributed by atoms with Gasteiger partial charge < -0.3 is 9.47 Å². The zero-order chi connectivity index (χ0) is 19.7. The third-order valence-electron chi connectivity index (χ3n) is 5.60. The van der Waals surface area contributed by atoms with Crippen molar-refractivity contribution in [3.63, 3.8) is 0 Å². The van der Waals surface area contributed by atoms with Gasteiger partial charge in [-0.05, 0) is 32.3 Å². The van der Waals surface area contributed by atoms with Crippen LogP contribution in [0.2, 0.25) is 0 Å². The highest BCUT2D eigenvalue weighted by atomic mass is 16.2. The number of benzene rings is 1. The lowest BCUT2D eigenvalue weighted by molar-refractivity contribution is -0.132. The zero-order valence-corrected chi connectivity index (χ0v) is 16.8. The monoisotopic (exact) mass is 377 g/mol. The highest BCUT2D eigenvalue weighted by Crippen LogP contribution is 2.33. The summed E-state index contributed by atoms with van der Waals surface area (Å²) in [5.74, 6) is 0.843. The topological polar surface area (TPSA) is 56.0 Å². The Bertz CT molecular complexity index is 972. The van der Waals surface area contributed by atoms with Crippen LogP contribution in [-0.2, 0) is 24.4 Å². The summed E-state index contributed by atoms with van der Waals surface area (Å²) in [6.07, 6.45) is 5.78. The summed E-state index contributed by atoms with van der Waals surface area (Å²) in [5, 5.41) is 4.49. The number of carbonyl (C=O) groups is 1. The Morgan fingerprint density at radius 2 is 2.07 bits per heavy atom. The van der Waals surface area contributed by atoms with Gasteiger partial charge >= 0.3 is 0 Å². The Hall–Kier alpha value is -2.89. The Labute approximate surface area is 165 Å². The maximum atomic E-state index is 13.2. The number of imidazole rings is 1. The molecular formula is C22H27N5O. The van der Waals surface area contributed by atoms with Crippen molar-refractivity contribution in [3.05, 3.63) is 59.8 Å². The van der Waals surface area contributed by atoms with Crippen molar-refractivity contribution in [1.82, 2.24) is 24.2 Å². The maximum absolute atomic E-state index is 13.2. The van der Waals surface area contributed by atoms with Crippen LogP contribution in [0.25, 0.3) is 11.3 Å². The van der Waals surface area contributed by atoms with Gasteiger partial charge in [-0.25, -0.2) is 4.98 Å². The van der Waals surface area contributed by atoms with E-state index in [-0.39, 0.29) is 11.8 Å². The smallest absolute Gasteiger partial charge is 0.233 e. The summed E-state index contributed by atoms with van der Waals surface area (Å²) >= 11 is 0. The van der Waals surface area contributed by atoms with Gasteiger partial charge in [0, 0.05) is 38.4 Å². The second-order valence-electron chi connectivity index (χ2n) is 7.50. The van der Waals surface area contributed by atoms with E-state index in [0.29, 0.717) is 6.54 Å². The summed E-state index contributed by atoms with van der Waals surface area (Å²) in [5.41, 5.74) is 4.32. The van der Waals surface area contributed by atoms with Gasteiger partial charge in [0.25, 0.3) is 0 Å². The Morgan fingerprint density at radius 3 is 2.79 bits per heavy atom. The summed E-state index contributed by atoms with van der Waals surface area (Å²) in [6, 6.07) is 10.3. The van der Waals surface area contributed by atoms with E-state index >= 15 is 0 Å². The number of hydrogen-bond acceptors (Lipinski definition) is 3. The fourth-order valence-electron chi connectivity index (χ4n) is 4.03. The van der Waals surface area contributed by atoms with E-state index in [0.717, 1.165) is 54.3 Å². The molecule has 0 bridgehead atoms. The molecule has 6 nitrogen and oxygen atoms in total. The van der Waals surface area contributed by atoms with Crippen molar-refractivity contribution in [3.8, 4) is 11.3 Å². The largest absolute Gasteiger partial charge is 0.341 e. The van der Waals surface area contributed by atoms with E-state index in [2.05, 4.69) is 33.7 Å². The molecule has 3 heterocycles. The van der Waals surface area contributed by atoms with E-state index in [1.807, 2.05) is 54.1 Å². The van der Waals surface area contributed by atoms with E-state index in [1.54, 1.807) is 0 Å². The van der Waals surface area contributed by atoms with Crippen LogP contribution in [0.1, 0.15) is 42.8 Å². The molecular weight excluding hydrogens is 350 g/mol. The Morgan fingerprint density at radius 1 is 1.29 bits per heavy atom. The van der Waals surface area contributed by atoms with E-state index in [1.165, 1.54) is 0 Å². The molecule has 1 aliphatic heterocycles. The number of hydrogen-bond donors (Lipinski definition) is 0. The molecule has 2 aromatic heterocycles. The zero-order valence-electron chi connectivity index (χ0n) is 16.8. The third kappa shape index (κ3) is 3.35. The number of nitrogens with zero attached hydrogens (tertiary/aromatic N) is 5. The number of aromatic nitrogens is 4. The molecule has 146 valence electrons. The number of rotatable bonds is 5. The molecule has 3 aromatic rings. The van der Waals surface area contributed by atoms with Crippen molar-refractivity contribution in [2.45, 2.75) is 52.2 Å². The standard InChI is InChI=1S/C22H27N5O/c1-4-26-15-18(16(2)24-26)14-25(3)22(28)19-11-8-12-27-20(13-23-21(19)27)17-9-6-5-7-10-17/h5-7,9-10,13,15,19H,4,8,11-12,14H2,1-3H3. The molecule has 6 heteroatoms. The highest BCUT2D eigenvalue weighted by Gasteiger charge is 2.32. The number of amides is 1. The van der Waals surface area contributed by atoms with Gasteiger partial charge in [-0.3, -0.25) is 9.48 Å². The molecule has 0 N–H and O–H groups in total. The fourth-order valence-corrected chi connectivity index (χ4v) is 4.03. The molecule has 0 saturated heterocycles. The summed E-state index contributed by atoms with van der Waals surface area (Å²) in [6.45, 7) is 6.39. The highest BCUT2D eigenvalue weighted by molar-refractivity contribution is 5.83. The van der Waals surface area contributed by atoms with Crippen LogP contribution in [0.5, 0.6) is 0 Å². The lowest BCUT2D eigenvalue weighted by atomic mass is 9.97. The van der Waals surface area contributed by atoms with Gasteiger partial charge in [-0.1, -0.05) is 30.3 Å². The summed E-state index contributed by atoms with van der Waals surface area (Å²) < 4.78 is 4.14. The first-order valence-corrected chi connectivity index (χ1v) is 9.97. The van der Waals surface area contributed by atoms with E-state index in [4.69, 9.17) is 0 Å². The van der Waals surface area contributed by atoms with Crippen LogP contribution in [0.15, 0.2) is 42.7 Å². The van der Waals surface area contributed by atoms with E-state index < -0.39 is 0 Å². The Balaban J connectivity index is 1.56. The number of aryl methyl sites for hydroxylation is 2. The molecule has 1 amide bonds. The van der Waals surface area contributed by atoms with Crippen molar-refractivity contribution in [1.29, 1.82) is 0 Å². The summed E-state index contributed by atoms with van der Waals surface area (Å²) in [7, 11) is 1.88. The molecule has 1 aromatic carbocycles. The SMILES string of the molecule is CCn1cc(CN(C)C(=O)C2CCCn3c(-c4ccccc4)cnc32)c(C)n1. The first-order valence-electron chi connectivity index (χ1n) is 9.97. The van der Waals surface area contributed by atoms with Crippen LogP contribution >= 0.6 is 0 Å². The molecule has 28 heavy (non-hydrogen) atoms. The first kappa shape index (κ1) is 18.5. The lowest BCUT2D eigenvalue weighted by Crippen LogP contribution is -2.34. The second-order valence-corrected chi connectivity index (χ2v) is 7.50. The predicted molar refractivity (Wildman–Crippen MR) is 109 cm³/mol. The number of likely N-dealkylation sites (N-methyl/N-ethyl adjacent to an activating group) is 1. The van der Waals surface area contributed by atoms with Crippen LogP contribution in [0.3, 0.4) is 0 Å². The summed E-state index contributed by atoms with van der Waals surface area (Å²) in [4.78, 5) is 19.7. The number of fused-ring (bicyclic) bond motifs is 1. The van der Waals surface area contributed by atoms with Crippen LogP contribution in [0, 0.1) is 6.92 Å². The van der Waals surface area contributed by atoms with Crippen LogP contribution in [-0.4, -0.2) is 37.2 Å². The quantitative estimate of drug-likeness (QED) is 0.682. The van der Waals surface area contributed by atoms with Crippen molar-refractivity contribution in [2.24, 2.45) is 0 Å². The van der Waals surface area contributed by atoms with Gasteiger partial charge in [-0.2, -0.15) is 5.10 Å². The van der Waals surface area contributed by atoms with Crippen LogP contribution < -0.4 is 0 Å². The van der Waals surface area contributed by atoms with Crippen LogP contribution in [0.4, 0.5) is 0 Å².